The first-order chi connectivity index (χ1) is 13.6. The first kappa shape index (κ1) is 21.3. The van der Waals surface area contributed by atoms with Crippen LogP contribution in [0.15, 0.2) is 47.4 Å². The van der Waals surface area contributed by atoms with E-state index in [-0.39, 0.29) is 10.5 Å². The number of rotatable bonds is 5. The zero-order valence-corrected chi connectivity index (χ0v) is 16.8. The number of halogens is 3. The summed E-state index contributed by atoms with van der Waals surface area (Å²) >= 11 is 0. The lowest BCUT2D eigenvalue weighted by Crippen LogP contribution is -2.30. The van der Waals surface area contributed by atoms with Crippen LogP contribution in [0.2, 0.25) is 0 Å². The fourth-order valence-electron chi connectivity index (χ4n) is 3.42. The molecule has 0 radical (unpaired) electrons. The molecule has 1 aliphatic heterocycles. The quantitative estimate of drug-likeness (QED) is 0.728. The molecule has 2 aromatic carbocycles. The minimum absolute atomic E-state index is 0.144. The third kappa shape index (κ3) is 4.02. The number of carbonyl (C=O) groups is 1. The summed E-state index contributed by atoms with van der Waals surface area (Å²) in [5.74, 6) is -0.420. The minimum Gasteiger partial charge on any atom is -0.308 e. The van der Waals surface area contributed by atoms with Crippen molar-refractivity contribution in [3.8, 4) is 0 Å². The van der Waals surface area contributed by atoms with E-state index in [1.54, 1.807) is 26.0 Å². The van der Waals surface area contributed by atoms with E-state index >= 15 is 0 Å². The van der Waals surface area contributed by atoms with Gasteiger partial charge < -0.3 is 4.90 Å². The normalized spacial score (nSPS) is 14.3. The predicted octanol–water partition coefficient (Wildman–Crippen LogP) is 3.94. The molecule has 3 rings (SSSR count). The number of fused-ring (bicyclic) bond motifs is 1. The van der Waals surface area contributed by atoms with Crippen LogP contribution >= 0.6 is 0 Å². The van der Waals surface area contributed by atoms with Crippen molar-refractivity contribution in [2.75, 3.05) is 24.5 Å². The monoisotopic (exact) mass is 426 g/mol. The number of alkyl halides is 3. The third-order valence-corrected chi connectivity index (χ3v) is 7.04. The lowest BCUT2D eigenvalue weighted by Gasteiger charge is -2.20. The van der Waals surface area contributed by atoms with Crippen LogP contribution in [0.3, 0.4) is 0 Å². The van der Waals surface area contributed by atoms with Gasteiger partial charge in [-0.3, -0.25) is 4.79 Å². The zero-order valence-electron chi connectivity index (χ0n) is 16.0. The molecule has 2 aromatic rings. The Morgan fingerprint density at radius 2 is 1.69 bits per heavy atom. The molecule has 1 heterocycles. The Kier molecular flexibility index (Phi) is 5.73. The highest BCUT2D eigenvalue weighted by Gasteiger charge is 2.32. The maximum absolute atomic E-state index is 12.8. The lowest BCUT2D eigenvalue weighted by molar-refractivity contribution is -0.137. The van der Waals surface area contributed by atoms with Gasteiger partial charge in [0.05, 0.1) is 10.5 Å². The number of nitrogens with zero attached hydrogens (tertiary/aromatic N) is 2. The standard InChI is InChI=1S/C20H21F3N2O3S/c1-3-24(4-2)29(27,28)17-9-10-18-15(13-17)11-12-25(18)19(26)14-5-7-16(8-6-14)20(21,22)23/h5-10,13H,3-4,11-12H2,1-2H3. The zero-order chi connectivity index (χ0) is 21.4. The number of carbonyl (C=O) groups excluding carboxylic acids is 1. The fourth-order valence-corrected chi connectivity index (χ4v) is 4.93. The van der Waals surface area contributed by atoms with Gasteiger partial charge in [-0.05, 0) is 54.4 Å². The molecule has 0 saturated carbocycles. The van der Waals surface area contributed by atoms with Crippen molar-refractivity contribution in [1.82, 2.24) is 4.31 Å². The predicted molar refractivity (Wildman–Crippen MR) is 103 cm³/mol. The van der Waals surface area contributed by atoms with Crippen molar-refractivity contribution in [2.45, 2.75) is 31.3 Å². The second-order valence-electron chi connectivity index (χ2n) is 6.66. The van der Waals surface area contributed by atoms with Crippen LogP contribution in [0, 0.1) is 0 Å². The summed E-state index contributed by atoms with van der Waals surface area (Å²) in [6.07, 6.45) is -3.99. The average molecular weight is 426 g/mol. The maximum atomic E-state index is 12.8. The van der Waals surface area contributed by atoms with Gasteiger partial charge in [0.25, 0.3) is 5.91 Å². The molecule has 0 aliphatic carbocycles. The van der Waals surface area contributed by atoms with Gasteiger partial charge in [0.2, 0.25) is 10.0 Å². The van der Waals surface area contributed by atoms with Gasteiger partial charge >= 0.3 is 6.18 Å². The molecule has 156 valence electrons. The summed E-state index contributed by atoms with van der Waals surface area (Å²) < 4.78 is 64.9. The van der Waals surface area contributed by atoms with Crippen LogP contribution in [-0.2, 0) is 22.6 Å². The molecule has 5 nitrogen and oxygen atoms in total. The number of amides is 1. The molecule has 29 heavy (non-hydrogen) atoms. The van der Waals surface area contributed by atoms with E-state index < -0.39 is 27.7 Å². The van der Waals surface area contributed by atoms with Crippen LogP contribution in [-0.4, -0.2) is 38.3 Å². The molecule has 0 spiro atoms. The summed E-state index contributed by atoms with van der Waals surface area (Å²) in [5, 5.41) is 0. The summed E-state index contributed by atoms with van der Waals surface area (Å²) in [6, 6.07) is 8.69. The molecule has 0 N–H and O–H groups in total. The smallest absolute Gasteiger partial charge is 0.308 e. The third-order valence-electron chi connectivity index (χ3n) is 4.99. The summed E-state index contributed by atoms with van der Waals surface area (Å²) in [5.41, 5.74) is 0.625. The molecular formula is C20H21F3N2O3S. The number of anilines is 1. The Labute approximate surface area is 167 Å². The second kappa shape index (κ2) is 7.79. The van der Waals surface area contributed by atoms with E-state index in [9.17, 15) is 26.4 Å². The molecule has 0 saturated heterocycles. The van der Waals surface area contributed by atoms with Gasteiger partial charge in [-0.15, -0.1) is 0 Å². The highest BCUT2D eigenvalue weighted by atomic mass is 32.2. The van der Waals surface area contributed by atoms with E-state index in [0.29, 0.717) is 31.7 Å². The number of hydrogen-bond acceptors (Lipinski definition) is 3. The van der Waals surface area contributed by atoms with Gasteiger partial charge in [0.15, 0.2) is 0 Å². The molecule has 1 aliphatic rings. The first-order valence-electron chi connectivity index (χ1n) is 9.21. The SMILES string of the molecule is CCN(CC)S(=O)(=O)c1ccc2c(c1)CCN2C(=O)c1ccc(C(F)(F)F)cc1. The molecule has 0 aromatic heterocycles. The minimum atomic E-state index is -4.46. The number of sulfonamides is 1. The van der Waals surface area contributed by atoms with Crippen molar-refractivity contribution in [3.63, 3.8) is 0 Å². The molecular weight excluding hydrogens is 405 g/mol. The van der Waals surface area contributed by atoms with E-state index in [1.165, 1.54) is 15.3 Å². The van der Waals surface area contributed by atoms with Crippen LogP contribution in [0.1, 0.15) is 35.3 Å². The number of hydrogen-bond donors (Lipinski definition) is 0. The largest absolute Gasteiger partial charge is 0.416 e. The lowest BCUT2D eigenvalue weighted by atomic mass is 10.1. The van der Waals surface area contributed by atoms with Crippen LogP contribution in [0.25, 0.3) is 0 Å². The Hall–Kier alpha value is -2.39. The van der Waals surface area contributed by atoms with Gasteiger partial charge in [-0.25, -0.2) is 8.42 Å². The summed E-state index contributed by atoms with van der Waals surface area (Å²) in [4.78, 5) is 14.4. The van der Waals surface area contributed by atoms with E-state index in [2.05, 4.69) is 0 Å². The van der Waals surface area contributed by atoms with Gasteiger partial charge in [-0.1, -0.05) is 13.8 Å². The summed E-state index contributed by atoms with van der Waals surface area (Å²) in [7, 11) is -3.61. The van der Waals surface area contributed by atoms with Crippen molar-refractivity contribution in [3.05, 3.63) is 59.2 Å². The van der Waals surface area contributed by atoms with Crippen LogP contribution in [0.5, 0.6) is 0 Å². The first-order valence-corrected chi connectivity index (χ1v) is 10.7. The van der Waals surface area contributed by atoms with E-state index in [1.807, 2.05) is 0 Å². The van der Waals surface area contributed by atoms with E-state index in [0.717, 1.165) is 29.8 Å². The van der Waals surface area contributed by atoms with Crippen molar-refractivity contribution >= 4 is 21.6 Å². The highest BCUT2D eigenvalue weighted by molar-refractivity contribution is 7.89. The van der Waals surface area contributed by atoms with Gasteiger partial charge in [0.1, 0.15) is 0 Å². The van der Waals surface area contributed by atoms with Gasteiger partial charge in [-0.2, -0.15) is 17.5 Å². The van der Waals surface area contributed by atoms with E-state index in [4.69, 9.17) is 0 Å². The fraction of sp³-hybridized carbons (Fsp3) is 0.350. The van der Waals surface area contributed by atoms with Crippen LogP contribution < -0.4 is 4.90 Å². The Balaban J connectivity index is 1.87. The maximum Gasteiger partial charge on any atom is 0.416 e. The molecule has 0 bridgehead atoms. The molecule has 0 atom stereocenters. The molecule has 0 fully saturated rings. The second-order valence-corrected chi connectivity index (χ2v) is 8.60. The van der Waals surface area contributed by atoms with Crippen molar-refractivity contribution in [1.29, 1.82) is 0 Å². The molecule has 1 amide bonds. The Morgan fingerprint density at radius 1 is 1.07 bits per heavy atom. The van der Waals surface area contributed by atoms with Crippen LogP contribution in [0.4, 0.5) is 18.9 Å². The van der Waals surface area contributed by atoms with Crippen molar-refractivity contribution in [2.24, 2.45) is 0 Å². The Bertz CT molecular complexity index is 1010. The average Bonchev–Trinajstić information content (AvgIpc) is 3.11. The number of benzene rings is 2. The van der Waals surface area contributed by atoms with Gasteiger partial charge in [0, 0.05) is 30.9 Å². The Morgan fingerprint density at radius 3 is 2.24 bits per heavy atom. The highest BCUT2D eigenvalue weighted by Crippen LogP contribution is 2.33. The molecule has 9 heteroatoms. The summed E-state index contributed by atoms with van der Waals surface area (Å²) in [6.45, 7) is 4.57. The topological polar surface area (TPSA) is 57.7 Å². The molecule has 0 unspecified atom stereocenters. The van der Waals surface area contributed by atoms with Crippen molar-refractivity contribution < 1.29 is 26.4 Å².